The number of hydrogen-bond acceptors (Lipinski definition) is 15. The first-order chi connectivity index (χ1) is 63.0. The molecule has 3 saturated heterocycles. The fourth-order valence-electron chi connectivity index (χ4n) is 17.9. The van der Waals surface area contributed by atoms with Crippen molar-refractivity contribution in [3.05, 3.63) is 322 Å². The van der Waals surface area contributed by atoms with Crippen LogP contribution in [0.4, 0.5) is 0 Å². The quantitative estimate of drug-likeness (QED) is 0.0104. The Morgan fingerprint density at radius 3 is 1.09 bits per heavy atom. The van der Waals surface area contributed by atoms with E-state index in [0.717, 1.165) is 35.8 Å². The van der Waals surface area contributed by atoms with Crippen LogP contribution in [0.3, 0.4) is 0 Å². The maximum absolute atomic E-state index is 14.1. The number of guanidine groups is 3. The van der Waals surface area contributed by atoms with Crippen molar-refractivity contribution >= 4 is 64.3 Å². The lowest BCUT2D eigenvalue weighted by molar-refractivity contribution is -0.133. The third-order valence-corrected chi connectivity index (χ3v) is 24.9. The summed E-state index contributed by atoms with van der Waals surface area (Å²) in [6, 6.07) is 85.9. The predicted molar refractivity (Wildman–Crippen MR) is 511 cm³/mol. The fraction of sp³-hybridized carbons (Fsp3) is 0.363. The SMILES string of the molecule is CN=C(N)NCCC[C@@H]1N[C@H](CNC(=O)[C@H]2Cc3ccccc3CN2)CCN(CC(c2ccccc2)c2ccccc2)C1=O.NC(N)=NCCC[C@@H]1N[C@H](CNC(=O)[C@@H]2Cc3ccccc3CN2)CCN(CC(c2ccccc2)c2ccccc2)C1=O.NC(N)=NCCC[C@@H]1N[C@H](CNC(=O)c2cc3ccccc3o2)CCN(CC(c2ccccc2)c2ccccc2)C1=O. The molecule has 0 bridgehead atoms. The molecule has 0 spiro atoms. The molecule has 27 heteroatoms. The van der Waals surface area contributed by atoms with Gasteiger partial charge in [-0.1, -0.05) is 249 Å². The second-order valence-electron chi connectivity index (χ2n) is 33.8. The van der Waals surface area contributed by atoms with Gasteiger partial charge in [-0.15, -0.1) is 0 Å². The lowest BCUT2D eigenvalue weighted by Crippen LogP contribution is -2.52. The Hall–Kier alpha value is -13.1. The summed E-state index contributed by atoms with van der Waals surface area (Å²) in [7, 11) is 1.65. The molecule has 5 aliphatic heterocycles. The Labute approximate surface area is 757 Å². The van der Waals surface area contributed by atoms with Crippen LogP contribution >= 0.6 is 0 Å². The van der Waals surface area contributed by atoms with E-state index in [-0.39, 0.29) is 107 Å². The lowest BCUT2D eigenvalue weighted by Gasteiger charge is -2.29. The number of carbonyl (C=O) groups is 6. The van der Waals surface area contributed by atoms with Crippen molar-refractivity contribution < 1.29 is 33.2 Å². The Balaban J connectivity index is 0.000000165. The van der Waals surface area contributed by atoms with Gasteiger partial charge in [0.2, 0.25) is 29.5 Å². The topological polar surface area (TPSA) is 401 Å². The molecular weight excluding hydrogens is 1620 g/mol. The van der Waals surface area contributed by atoms with Gasteiger partial charge < -0.3 is 95.6 Å². The number of amides is 6. The molecule has 6 heterocycles. The normalized spacial score (nSPS) is 19.4. The Morgan fingerprint density at radius 1 is 0.411 bits per heavy atom. The minimum atomic E-state index is -0.429. The zero-order valence-electron chi connectivity index (χ0n) is 73.8. The molecule has 10 aromatic rings. The van der Waals surface area contributed by atoms with Crippen molar-refractivity contribution in [1.29, 1.82) is 0 Å². The van der Waals surface area contributed by atoms with Crippen molar-refractivity contribution in [1.82, 2.24) is 62.6 Å². The number of fused-ring (bicyclic) bond motifs is 3. The van der Waals surface area contributed by atoms with Crippen molar-refractivity contribution in [2.24, 2.45) is 43.6 Å². The smallest absolute Gasteiger partial charge is 0.287 e. The number of nitrogens with one attached hydrogen (secondary N) is 9. The van der Waals surface area contributed by atoms with Crippen LogP contribution in [0.5, 0.6) is 0 Å². The molecule has 3 fully saturated rings. The highest BCUT2D eigenvalue weighted by molar-refractivity contribution is 5.96. The summed E-state index contributed by atoms with van der Waals surface area (Å²) in [4.78, 5) is 99.4. The molecule has 27 nitrogen and oxygen atoms in total. The molecule has 0 aliphatic carbocycles. The van der Waals surface area contributed by atoms with Gasteiger partial charge in [0, 0.05) is 140 Å². The molecule has 19 N–H and O–H groups in total. The average Bonchev–Trinajstić information content (AvgIpc) is 1.75. The van der Waals surface area contributed by atoms with E-state index in [1.165, 1.54) is 44.5 Å². The van der Waals surface area contributed by atoms with E-state index in [2.05, 4.69) is 184 Å². The Bertz CT molecular complexity index is 5160. The molecule has 0 unspecified atom stereocenters. The van der Waals surface area contributed by atoms with Gasteiger partial charge in [-0.25, -0.2) is 0 Å². The zero-order chi connectivity index (χ0) is 90.1. The number of nitrogens with two attached hydrogens (primary N) is 5. The molecule has 8 atom stereocenters. The van der Waals surface area contributed by atoms with Gasteiger partial charge in [0.15, 0.2) is 23.6 Å². The highest BCUT2D eigenvalue weighted by Gasteiger charge is 2.38. The van der Waals surface area contributed by atoms with Crippen LogP contribution in [0.1, 0.15) is 142 Å². The van der Waals surface area contributed by atoms with Crippen LogP contribution in [0, 0.1) is 0 Å². The highest BCUT2D eigenvalue weighted by atomic mass is 16.3. The minimum Gasteiger partial charge on any atom is -0.451 e. The minimum absolute atomic E-state index is 0.00275. The lowest BCUT2D eigenvalue weighted by atomic mass is 9.90. The summed E-state index contributed by atoms with van der Waals surface area (Å²) in [5, 5.41) is 30.8. The molecule has 676 valence electrons. The summed E-state index contributed by atoms with van der Waals surface area (Å²) < 4.78 is 5.73. The molecule has 6 amide bonds. The van der Waals surface area contributed by atoms with Crippen molar-refractivity contribution in [2.45, 2.75) is 150 Å². The number of hydrogen-bond donors (Lipinski definition) is 14. The first-order valence-electron chi connectivity index (χ1n) is 45.4. The van der Waals surface area contributed by atoms with E-state index in [1.807, 2.05) is 148 Å². The summed E-state index contributed by atoms with van der Waals surface area (Å²) >= 11 is 0. The molecule has 9 aromatic carbocycles. The van der Waals surface area contributed by atoms with E-state index in [9.17, 15) is 28.8 Å². The van der Waals surface area contributed by atoms with Gasteiger partial charge in [0.05, 0.1) is 30.2 Å². The first kappa shape index (κ1) is 93.6. The first-order valence-corrected chi connectivity index (χ1v) is 45.4. The average molecular weight is 1740 g/mol. The number of rotatable bonds is 33. The predicted octanol–water partition coefficient (Wildman–Crippen LogP) is 8.39. The van der Waals surface area contributed by atoms with E-state index in [1.54, 1.807) is 13.1 Å². The van der Waals surface area contributed by atoms with Crippen LogP contribution in [-0.4, -0.2) is 202 Å². The zero-order valence-corrected chi connectivity index (χ0v) is 73.8. The molecular formula is C102H126N20O7. The largest absolute Gasteiger partial charge is 0.451 e. The molecule has 129 heavy (non-hydrogen) atoms. The van der Waals surface area contributed by atoms with E-state index in [4.69, 9.17) is 33.1 Å². The Kier molecular flexibility index (Phi) is 35.0. The number of aliphatic imine (C=N–C) groups is 3. The number of carbonyl (C=O) groups excluding carboxylic acids is 6. The molecule has 0 radical (unpaired) electrons. The van der Waals surface area contributed by atoms with Crippen molar-refractivity contribution in [2.75, 3.05) is 85.6 Å². The third-order valence-electron chi connectivity index (χ3n) is 24.9. The van der Waals surface area contributed by atoms with Crippen LogP contribution in [0.15, 0.2) is 280 Å². The van der Waals surface area contributed by atoms with Crippen LogP contribution in [0.2, 0.25) is 0 Å². The van der Waals surface area contributed by atoms with Gasteiger partial charge in [0.25, 0.3) is 5.91 Å². The van der Waals surface area contributed by atoms with Gasteiger partial charge >= 0.3 is 0 Å². The van der Waals surface area contributed by atoms with Crippen LogP contribution < -0.4 is 76.5 Å². The summed E-state index contributed by atoms with van der Waals surface area (Å²) in [5.74, 6) is 0.795. The highest BCUT2D eigenvalue weighted by Crippen LogP contribution is 2.32. The van der Waals surface area contributed by atoms with Crippen LogP contribution in [-0.2, 0) is 49.9 Å². The Morgan fingerprint density at radius 2 is 0.736 bits per heavy atom. The maximum atomic E-state index is 14.1. The maximum Gasteiger partial charge on any atom is 0.287 e. The van der Waals surface area contributed by atoms with Gasteiger partial charge in [-0.05, 0) is 138 Å². The third kappa shape index (κ3) is 27.5. The summed E-state index contributed by atoms with van der Waals surface area (Å²) in [6.45, 7) is 7.66. The summed E-state index contributed by atoms with van der Waals surface area (Å²) in [6.07, 6.45) is 7.38. The van der Waals surface area contributed by atoms with Gasteiger partial charge in [0.1, 0.15) is 5.58 Å². The number of nitrogens with zero attached hydrogens (tertiary/aromatic N) is 6. The van der Waals surface area contributed by atoms with Crippen LogP contribution in [0.25, 0.3) is 11.0 Å². The van der Waals surface area contributed by atoms with Crippen molar-refractivity contribution in [3.8, 4) is 0 Å². The second-order valence-corrected chi connectivity index (χ2v) is 33.8. The number of para-hydroxylation sites is 1. The van der Waals surface area contributed by atoms with Gasteiger partial charge in [-0.3, -0.25) is 43.7 Å². The van der Waals surface area contributed by atoms with E-state index < -0.39 is 12.1 Å². The standard InChI is InChI=1S/C35H45N7O2.C34H43N7O2.C33H38N6O3/c1-37-35(36)38-19-10-17-31-34(44)42(24-30(25-11-4-2-5-12-25)26-13-6-3-7-14-26)20-18-29(41-31)23-40-33(43)32-21-27-15-8-9-16-28(27)22-39-32;35-34(36)37-18-9-16-30-33(43)41(23-29(24-10-3-1-4-11-24)25-12-5-2-6-13-25)19-17-28(40-30)22-39-32(42)31-20-26-14-7-8-15-27(26)21-38-31;34-33(35)36-18-9-15-28-32(41)39(22-27(23-10-3-1-4-11-23)24-12-5-2-6-13-24)19-17-26(38-28)21-37-31(40)30-20-25-14-7-8-16-29(25)42-30/h2-9,11-16,29-32,39,41H,10,17-24H2,1H3,(H,40,43)(H3,36,37,38);1-8,10-15,28-31,38,40H,9,16-23H2,(H,39,42)(H4,35,36,37);1-8,10-14,16,20,26-28,38H,9,15,17-19,21-22H2,(H,37,40)(H4,34,35,36)/t29-,31-,32+;28-,30-,31-;26-,28-/m000/s1. The molecule has 1 aromatic heterocycles. The number of benzene rings is 9. The second kappa shape index (κ2) is 48.2. The van der Waals surface area contributed by atoms with Gasteiger partial charge in [-0.2, -0.15) is 0 Å². The number of furan rings is 1. The monoisotopic (exact) mass is 1740 g/mol. The molecule has 15 rings (SSSR count). The van der Waals surface area contributed by atoms with E-state index in [0.29, 0.717) is 155 Å². The summed E-state index contributed by atoms with van der Waals surface area (Å²) in [5.41, 5.74) is 40.5. The molecule has 5 aliphatic rings. The molecule has 0 saturated carbocycles. The van der Waals surface area contributed by atoms with E-state index >= 15 is 0 Å². The van der Waals surface area contributed by atoms with Crippen molar-refractivity contribution in [3.63, 3.8) is 0 Å². The fourth-order valence-corrected chi connectivity index (χ4v) is 17.9.